The van der Waals surface area contributed by atoms with Crippen LogP contribution in [0.3, 0.4) is 0 Å². The number of aromatic carboxylic acids is 1. The standard InChI is InChI=1S/C26H22F2N2O3/c1-14-10-19(14)15-5-8-22-20(12-15)23(18-4-3-9-29-25(18)33-2)24(26(31)32)30(22)13-16-11-17(27)6-7-21(16)28/h3-9,11-12,14,19H,10,13H2,1-2H3,(H,31,32)/t14-,19+/m1/s1. The molecule has 0 aliphatic heterocycles. The summed E-state index contributed by atoms with van der Waals surface area (Å²) in [5.41, 5.74) is 2.77. The van der Waals surface area contributed by atoms with Crippen LogP contribution in [-0.2, 0) is 6.54 Å². The lowest BCUT2D eigenvalue weighted by atomic mass is 9.99. The van der Waals surface area contributed by atoms with Crippen LogP contribution in [0, 0.1) is 17.6 Å². The van der Waals surface area contributed by atoms with E-state index in [1.165, 1.54) is 11.7 Å². The molecule has 0 spiro atoms. The van der Waals surface area contributed by atoms with E-state index >= 15 is 0 Å². The molecule has 2 heterocycles. The lowest BCUT2D eigenvalue weighted by Gasteiger charge is -2.11. The second kappa shape index (κ2) is 7.99. The third-order valence-electron chi connectivity index (χ3n) is 6.40. The molecule has 7 heteroatoms. The van der Waals surface area contributed by atoms with Gasteiger partial charge in [-0.2, -0.15) is 0 Å². The number of methoxy groups -OCH3 is 1. The molecule has 0 saturated heterocycles. The van der Waals surface area contributed by atoms with Gasteiger partial charge in [0.25, 0.3) is 0 Å². The molecular formula is C26H22F2N2O3. The Bertz CT molecular complexity index is 1400. The van der Waals surface area contributed by atoms with Crippen molar-refractivity contribution in [3.05, 3.63) is 83.2 Å². The van der Waals surface area contributed by atoms with Crippen LogP contribution in [-0.4, -0.2) is 27.7 Å². The number of carboxylic acid groups (broad SMARTS) is 1. The summed E-state index contributed by atoms with van der Waals surface area (Å²) in [5, 5.41) is 11.0. The number of hydrogen-bond donors (Lipinski definition) is 1. The van der Waals surface area contributed by atoms with Gasteiger partial charge in [0.1, 0.15) is 17.3 Å². The van der Waals surface area contributed by atoms with Crippen LogP contribution in [0.4, 0.5) is 8.78 Å². The van der Waals surface area contributed by atoms with Crippen LogP contribution in [0.1, 0.15) is 40.9 Å². The van der Waals surface area contributed by atoms with Crippen LogP contribution in [0.25, 0.3) is 22.0 Å². The van der Waals surface area contributed by atoms with Crippen molar-refractivity contribution in [3.63, 3.8) is 0 Å². The Morgan fingerprint density at radius 3 is 2.70 bits per heavy atom. The Kier molecular flexibility index (Phi) is 5.12. The Balaban J connectivity index is 1.82. The number of aromatic nitrogens is 2. The Hall–Kier alpha value is -3.74. The molecule has 0 amide bonds. The van der Waals surface area contributed by atoms with Gasteiger partial charge in [-0.05, 0) is 66.3 Å². The second-order valence-corrected chi connectivity index (χ2v) is 8.51. The lowest BCUT2D eigenvalue weighted by Crippen LogP contribution is -2.12. The first-order chi connectivity index (χ1) is 15.9. The van der Waals surface area contributed by atoms with Crippen LogP contribution in [0.5, 0.6) is 5.88 Å². The summed E-state index contributed by atoms with van der Waals surface area (Å²) in [6.45, 7) is 2.05. The van der Waals surface area contributed by atoms with Crippen molar-refractivity contribution in [1.29, 1.82) is 0 Å². The highest BCUT2D eigenvalue weighted by Gasteiger charge is 2.35. The summed E-state index contributed by atoms with van der Waals surface area (Å²) >= 11 is 0. The molecule has 2 aromatic carbocycles. The Labute approximate surface area is 189 Å². The van der Waals surface area contributed by atoms with Crippen molar-refractivity contribution < 1.29 is 23.4 Å². The number of rotatable bonds is 6. The third-order valence-corrected chi connectivity index (χ3v) is 6.40. The Morgan fingerprint density at radius 2 is 2.00 bits per heavy atom. The SMILES string of the molecule is COc1ncccc1-c1c(C(=O)O)n(Cc2cc(F)ccc2F)c2ccc([C@H]3C[C@H]3C)cc12. The zero-order valence-electron chi connectivity index (χ0n) is 18.2. The van der Waals surface area contributed by atoms with Crippen molar-refractivity contribution >= 4 is 16.9 Å². The number of pyridine rings is 1. The monoisotopic (exact) mass is 448 g/mol. The number of ether oxygens (including phenoxy) is 1. The minimum atomic E-state index is -1.18. The Morgan fingerprint density at radius 1 is 1.21 bits per heavy atom. The predicted octanol–water partition coefficient (Wildman–Crippen LogP) is 5.86. The molecule has 1 N–H and O–H groups in total. The number of hydrogen-bond acceptors (Lipinski definition) is 3. The second-order valence-electron chi connectivity index (χ2n) is 8.51. The summed E-state index contributed by atoms with van der Waals surface area (Å²) in [6, 6.07) is 12.5. The molecule has 5 rings (SSSR count). The molecular weight excluding hydrogens is 426 g/mol. The highest BCUT2D eigenvalue weighted by atomic mass is 19.1. The van der Waals surface area contributed by atoms with E-state index in [0.717, 1.165) is 30.2 Å². The molecule has 33 heavy (non-hydrogen) atoms. The zero-order valence-corrected chi connectivity index (χ0v) is 18.2. The summed E-state index contributed by atoms with van der Waals surface area (Å²) in [7, 11) is 1.48. The average Bonchev–Trinajstić information content (AvgIpc) is 3.45. The molecule has 4 aromatic rings. The molecule has 2 atom stereocenters. The van der Waals surface area contributed by atoms with Gasteiger partial charge in [0.05, 0.1) is 13.7 Å². The van der Waals surface area contributed by atoms with E-state index in [1.807, 2.05) is 18.2 Å². The topological polar surface area (TPSA) is 64.3 Å². The minimum absolute atomic E-state index is 0.0269. The third kappa shape index (κ3) is 3.63. The highest BCUT2D eigenvalue weighted by molar-refractivity contribution is 6.09. The van der Waals surface area contributed by atoms with Crippen molar-refractivity contribution in [2.45, 2.75) is 25.8 Å². The predicted molar refractivity (Wildman–Crippen MR) is 121 cm³/mol. The first-order valence-corrected chi connectivity index (χ1v) is 10.7. The van der Waals surface area contributed by atoms with Gasteiger partial charge in [-0.15, -0.1) is 0 Å². The van der Waals surface area contributed by atoms with E-state index in [1.54, 1.807) is 18.3 Å². The summed E-state index contributed by atoms with van der Waals surface area (Å²) in [6.07, 6.45) is 2.65. The number of fused-ring (bicyclic) bond motifs is 1. The van der Waals surface area contributed by atoms with Gasteiger partial charge in [0.15, 0.2) is 0 Å². The van der Waals surface area contributed by atoms with Gasteiger partial charge in [0.2, 0.25) is 5.88 Å². The van der Waals surface area contributed by atoms with Crippen LogP contribution in [0.15, 0.2) is 54.7 Å². The number of nitrogens with zero attached hydrogens (tertiary/aromatic N) is 2. The summed E-state index contributed by atoms with van der Waals surface area (Å²) < 4.78 is 35.3. The van der Waals surface area contributed by atoms with E-state index in [4.69, 9.17) is 4.74 Å². The quantitative estimate of drug-likeness (QED) is 0.401. The van der Waals surface area contributed by atoms with Gasteiger partial charge in [-0.25, -0.2) is 18.6 Å². The molecule has 1 aliphatic rings. The van der Waals surface area contributed by atoms with Gasteiger partial charge < -0.3 is 14.4 Å². The summed E-state index contributed by atoms with van der Waals surface area (Å²) in [5.74, 6) is -1.07. The molecule has 1 fully saturated rings. The molecule has 1 saturated carbocycles. The molecule has 0 unspecified atom stereocenters. The molecule has 5 nitrogen and oxygen atoms in total. The fraction of sp³-hybridized carbons (Fsp3) is 0.231. The molecule has 1 aliphatic carbocycles. The maximum absolute atomic E-state index is 14.5. The molecule has 0 radical (unpaired) electrons. The summed E-state index contributed by atoms with van der Waals surface area (Å²) in [4.78, 5) is 16.8. The number of carbonyl (C=O) groups is 1. The van der Waals surface area contributed by atoms with Gasteiger partial charge in [-0.1, -0.05) is 13.0 Å². The molecule has 168 valence electrons. The van der Waals surface area contributed by atoms with Crippen LogP contribution < -0.4 is 4.74 Å². The number of carboxylic acids is 1. The van der Waals surface area contributed by atoms with E-state index in [-0.39, 0.29) is 17.8 Å². The maximum atomic E-state index is 14.5. The van der Waals surface area contributed by atoms with Crippen LogP contribution >= 0.6 is 0 Å². The van der Waals surface area contributed by atoms with Gasteiger partial charge in [-0.3, -0.25) is 0 Å². The van der Waals surface area contributed by atoms with Crippen LogP contribution in [0.2, 0.25) is 0 Å². The van der Waals surface area contributed by atoms with Crippen molar-refractivity contribution in [2.24, 2.45) is 5.92 Å². The lowest BCUT2D eigenvalue weighted by molar-refractivity contribution is 0.0687. The normalized spacial score (nSPS) is 17.3. The van der Waals surface area contributed by atoms with Crippen molar-refractivity contribution in [3.8, 4) is 17.0 Å². The smallest absolute Gasteiger partial charge is 0.353 e. The maximum Gasteiger partial charge on any atom is 0.353 e. The minimum Gasteiger partial charge on any atom is -0.481 e. The first kappa shape index (κ1) is 21.1. The van der Waals surface area contributed by atoms with E-state index < -0.39 is 17.6 Å². The molecule has 2 aromatic heterocycles. The van der Waals surface area contributed by atoms with Crippen molar-refractivity contribution in [1.82, 2.24) is 9.55 Å². The van der Waals surface area contributed by atoms with Crippen molar-refractivity contribution in [2.75, 3.05) is 7.11 Å². The first-order valence-electron chi connectivity index (χ1n) is 10.7. The fourth-order valence-electron chi connectivity index (χ4n) is 4.63. The fourth-order valence-corrected chi connectivity index (χ4v) is 4.63. The number of benzene rings is 2. The van der Waals surface area contributed by atoms with Gasteiger partial charge >= 0.3 is 5.97 Å². The zero-order chi connectivity index (χ0) is 23.3. The van der Waals surface area contributed by atoms with E-state index in [9.17, 15) is 18.7 Å². The largest absolute Gasteiger partial charge is 0.481 e. The van der Waals surface area contributed by atoms with E-state index in [0.29, 0.717) is 39.7 Å². The number of halogens is 2. The molecule has 0 bridgehead atoms. The average molecular weight is 448 g/mol. The van der Waals surface area contributed by atoms with Gasteiger partial charge in [0, 0.05) is 33.8 Å². The van der Waals surface area contributed by atoms with E-state index in [2.05, 4.69) is 11.9 Å². The highest BCUT2D eigenvalue weighted by Crippen LogP contribution is 2.49.